The fourth-order valence-corrected chi connectivity index (χ4v) is 2.64. The molecule has 1 fully saturated rings. The molecule has 0 aliphatic carbocycles. The summed E-state index contributed by atoms with van der Waals surface area (Å²) in [7, 11) is 1.61. The molecule has 1 aromatic rings. The number of methoxy groups -OCH3 is 1. The van der Waals surface area contributed by atoms with Gasteiger partial charge in [0.05, 0.1) is 12.2 Å². The zero-order valence-corrected chi connectivity index (χ0v) is 15.0. The van der Waals surface area contributed by atoms with Gasteiger partial charge in [-0.2, -0.15) is 0 Å². The molecule has 2 rings (SSSR count). The van der Waals surface area contributed by atoms with Gasteiger partial charge in [0, 0.05) is 24.7 Å². The number of carbonyl (C=O) groups is 1. The first-order chi connectivity index (χ1) is 10.6. The quantitative estimate of drug-likeness (QED) is 0.763. The summed E-state index contributed by atoms with van der Waals surface area (Å²) in [6.07, 6.45) is 1.05. The largest absolute Gasteiger partial charge is 0.490 e. The molecule has 0 saturated carbocycles. The Hall–Kier alpha value is -1.01. The number of rotatable bonds is 6. The van der Waals surface area contributed by atoms with E-state index in [1.54, 1.807) is 25.3 Å². The lowest BCUT2D eigenvalue weighted by Gasteiger charge is -2.30. The number of hydrogen-bond donors (Lipinski definition) is 2. The summed E-state index contributed by atoms with van der Waals surface area (Å²) in [5.74, 6) is 0.813. The van der Waals surface area contributed by atoms with Crippen molar-refractivity contribution in [3.05, 3.63) is 28.8 Å². The maximum absolute atomic E-state index is 12.6. The summed E-state index contributed by atoms with van der Waals surface area (Å²) in [5.41, 5.74) is 0.460. The second kappa shape index (κ2) is 9.98. The molecule has 7 heteroatoms. The number of nitrogens with one attached hydrogen (secondary N) is 2. The highest BCUT2D eigenvalue weighted by atomic mass is 35.5. The van der Waals surface area contributed by atoms with Gasteiger partial charge in [-0.3, -0.25) is 4.79 Å². The van der Waals surface area contributed by atoms with Gasteiger partial charge in [-0.25, -0.2) is 0 Å². The lowest BCUT2D eigenvalue weighted by Crippen LogP contribution is -2.50. The molecule has 2 unspecified atom stereocenters. The number of amides is 1. The molecule has 5 nitrogen and oxygen atoms in total. The first kappa shape index (κ1) is 20.0. The number of benzene rings is 1. The highest BCUT2D eigenvalue weighted by Gasteiger charge is 2.24. The first-order valence-electron chi connectivity index (χ1n) is 7.54. The molecule has 1 saturated heterocycles. The molecule has 23 heavy (non-hydrogen) atoms. The molecular formula is C16H24Cl2N2O3. The summed E-state index contributed by atoms with van der Waals surface area (Å²) in [5, 5.41) is 6.89. The lowest BCUT2D eigenvalue weighted by atomic mass is 9.94. The van der Waals surface area contributed by atoms with E-state index < -0.39 is 0 Å². The van der Waals surface area contributed by atoms with Crippen LogP contribution in [0.5, 0.6) is 5.75 Å². The smallest absolute Gasteiger partial charge is 0.255 e. The summed E-state index contributed by atoms with van der Waals surface area (Å²) in [6, 6.07) is 5.19. The van der Waals surface area contributed by atoms with E-state index >= 15 is 0 Å². The first-order valence-corrected chi connectivity index (χ1v) is 7.92. The lowest BCUT2D eigenvalue weighted by molar-refractivity contribution is 0.0907. The summed E-state index contributed by atoms with van der Waals surface area (Å²) in [4.78, 5) is 12.6. The molecular weight excluding hydrogens is 339 g/mol. The molecule has 0 bridgehead atoms. The van der Waals surface area contributed by atoms with Gasteiger partial charge in [-0.15, -0.1) is 12.4 Å². The molecule has 0 spiro atoms. The Morgan fingerprint density at radius 1 is 1.43 bits per heavy atom. The SMILES string of the molecule is COCCOc1ccc(Cl)cc1C(=O)NC1CNCCC1C.Cl. The number of carbonyl (C=O) groups excluding carboxylic acids is 1. The molecule has 0 radical (unpaired) electrons. The normalized spacial score (nSPS) is 20.5. The minimum absolute atomic E-state index is 0. The maximum atomic E-state index is 12.6. The second-order valence-electron chi connectivity index (χ2n) is 5.53. The van der Waals surface area contributed by atoms with Gasteiger partial charge in [0.2, 0.25) is 0 Å². The van der Waals surface area contributed by atoms with Gasteiger partial charge in [0.25, 0.3) is 5.91 Å². The van der Waals surface area contributed by atoms with Gasteiger partial charge in [0.15, 0.2) is 0 Å². The van der Waals surface area contributed by atoms with Crippen LogP contribution in [-0.2, 0) is 4.74 Å². The van der Waals surface area contributed by atoms with E-state index in [4.69, 9.17) is 21.1 Å². The van der Waals surface area contributed by atoms with Crippen LogP contribution >= 0.6 is 24.0 Å². The topological polar surface area (TPSA) is 59.6 Å². The third kappa shape index (κ3) is 5.84. The third-order valence-electron chi connectivity index (χ3n) is 3.88. The predicted molar refractivity (Wildman–Crippen MR) is 94.0 cm³/mol. The number of halogens is 2. The predicted octanol–water partition coefficient (Wildman–Crippen LogP) is 2.51. The molecule has 1 amide bonds. The van der Waals surface area contributed by atoms with E-state index in [1.807, 2.05) is 0 Å². The second-order valence-corrected chi connectivity index (χ2v) is 5.97. The van der Waals surface area contributed by atoms with Crippen molar-refractivity contribution in [2.45, 2.75) is 19.4 Å². The van der Waals surface area contributed by atoms with E-state index in [0.717, 1.165) is 19.5 Å². The fraction of sp³-hybridized carbons (Fsp3) is 0.562. The average Bonchev–Trinajstić information content (AvgIpc) is 2.51. The molecule has 130 valence electrons. The van der Waals surface area contributed by atoms with Crippen molar-refractivity contribution in [2.75, 3.05) is 33.4 Å². The van der Waals surface area contributed by atoms with Crippen LogP contribution in [-0.4, -0.2) is 45.4 Å². The molecule has 1 aliphatic rings. The summed E-state index contributed by atoms with van der Waals surface area (Å²) < 4.78 is 10.6. The Morgan fingerprint density at radius 2 is 2.22 bits per heavy atom. The van der Waals surface area contributed by atoms with Gasteiger partial charge in [-0.05, 0) is 37.1 Å². The minimum atomic E-state index is -0.157. The van der Waals surface area contributed by atoms with Crippen molar-refractivity contribution >= 4 is 29.9 Å². The van der Waals surface area contributed by atoms with Crippen molar-refractivity contribution in [3.8, 4) is 5.75 Å². The summed E-state index contributed by atoms with van der Waals surface area (Å²) in [6.45, 7) is 4.79. The Morgan fingerprint density at radius 3 is 2.91 bits per heavy atom. The monoisotopic (exact) mass is 362 g/mol. The Labute approximate surface area is 148 Å². The maximum Gasteiger partial charge on any atom is 0.255 e. The van der Waals surface area contributed by atoms with Gasteiger partial charge < -0.3 is 20.1 Å². The van der Waals surface area contributed by atoms with Crippen LogP contribution in [0.3, 0.4) is 0 Å². The van der Waals surface area contributed by atoms with Crippen molar-refractivity contribution in [2.24, 2.45) is 5.92 Å². The molecule has 2 N–H and O–H groups in total. The van der Waals surface area contributed by atoms with E-state index in [-0.39, 0.29) is 24.4 Å². The number of piperidine rings is 1. The molecule has 2 atom stereocenters. The Bertz CT molecular complexity index is 514. The van der Waals surface area contributed by atoms with Crippen molar-refractivity contribution in [1.82, 2.24) is 10.6 Å². The van der Waals surface area contributed by atoms with Crippen LogP contribution in [0.4, 0.5) is 0 Å². The molecule has 0 aromatic heterocycles. The minimum Gasteiger partial charge on any atom is -0.490 e. The highest BCUT2D eigenvalue weighted by Crippen LogP contribution is 2.23. The van der Waals surface area contributed by atoms with Crippen LogP contribution in [0.2, 0.25) is 5.02 Å². The van der Waals surface area contributed by atoms with Crippen LogP contribution in [0.15, 0.2) is 18.2 Å². The summed E-state index contributed by atoms with van der Waals surface area (Å²) >= 11 is 6.02. The fourth-order valence-electron chi connectivity index (χ4n) is 2.47. The molecule has 1 aromatic carbocycles. The van der Waals surface area contributed by atoms with E-state index in [2.05, 4.69) is 17.6 Å². The van der Waals surface area contributed by atoms with Crippen LogP contribution in [0.1, 0.15) is 23.7 Å². The number of ether oxygens (including phenoxy) is 2. The highest BCUT2D eigenvalue weighted by molar-refractivity contribution is 6.31. The van der Waals surface area contributed by atoms with E-state index in [1.165, 1.54) is 0 Å². The average molecular weight is 363 g/mol. The zero-order chi connectivity index (χ0) is 15.9. The van der Waals surface area contributed by atoms with Crippen LogP contribution in [0, 0.1) is 5.92 Å². The van der Waals surface area contributed by atoms with Gasteiger partial charge in [0.1, 0.15) is 12.4 Å². The van der Waals surface area contributed by atoms with E-state index in [9.17, 15) is 4.79 Å². The number of hydrogen-bond acceptors (Lipinski definition) is 4. The van der Waals surface area contributed by atoms with Crippen molar-refractivity contribution in [1.29, 1.82) is 0 Å². The van der Waals surface area contributed by atoms with Gasteiger partial charge >= 0.3 is 0 Å². The van der Waals surface area contributed by atoms with Gasteiger partial charge in [-0.1, -0.05) is 18.5 Å². The Kier molecular flexibility index (Phi) is 8.69. The molecule has 1 aliphatic heterocycles. The van der Waals surface area contributed by atoms with Crippen molar-refractivity contribution in [3.63, 3.8) is 0 Å². The standard InChI is InChI=1S/C16H23ClN2O3.ClH/c1-11-5-6-18-10-14(11)19-16(20)13-9-12(17)3-4-15(13)22-8-7-21-2;/h3-4,9,11,14,18H,5-8,10H2,1-2H3,(H,19,20);1H. The third-order valence-corrected chi connectivity index (χ3v) is 4.11. The van der Waals surface area contributed by atoms with Crippen molar-refractivity contribution < 1.29 is 14.3 Å². The zero-order valence-electron chi connectivity index (χ0n) is 13.4. The Balaban J connectivity index is 0.00000264. The van der Waals surface area contributed by atoms with Crippen LogP contribution < -0.4 is 15.4 Å². The van der Waals surface area contributed by atoms with Crippen LogP contribution in [0.25, 0.3) is 0 Å². The van der Waals surface area contributed by atoms with E-state index in [0.29, 0.717) is 35.5 Å². The molecule has 1 heterocycles.